The van der Waals surface area contributed by atoms with Crippen LogP contribution in [0.15, 0.2) is 28.7 Å². The van der Waals surface area contributed by atoms with Crippen LogP contribution < -0.4 is 24.8 Å². The summed E-state index contributed by atoms with van der Waals surface area (Å²) in [5.74, 6) is 1.56. The highest BCUT2D eigenvalue weighted by Crippen LogP contribution is 2.36. The second-order valence-electron chi connectivity index (χ2n) is 6.27. The molecule has 0 aliphatic carbocycles. The maximum atomic E-state index is 12.1. The first-order chi connectivity index (χ1) is 13.8. The molecule has 29 heavy (non-hydrogen) atoms. The van der Waals surface area contributed by atoms with Crippen molar-refractivity contribution >= 4 is 11.8 Å². The molecule has 0 aliphatic rings. The van der Waals surface area contributed by atoms with Gasteiger partial charge in [0.05, 0.1) is 26.3 Å². The second-order valence-corrected chi connectivity index (χ2v) is 6.27. The number of carbonyl (C=O) groups excluding carboxylic acids is 2. The lowest BCUT2D eigenvalue weighted by Gasteiger charge is -2.17. The molecule has 1 heterocycles. The number of furan rings is 1. The Hall–Kier alpha value is -3.20. The van der Waals surface area contributed by atoms with E-state index in [1.165, 1.54) is 14.2 Å². The van der Waals surface area contributed by atoms with Gasteiger partial charge in [-0.15, -0.1) is 0 Å². The monoisotopic (exact) mass is 406 g/mol. The number of methoxy groups -OCH3 is 2. The first-order valence-corrected chi connectivity index (χ1v) is 8.99. The van der Waals surface area contributed by atoms with Crippen molar-refractivity contribution in [2.75, 3.05) is 33.9 Å². The first-order valence-electron chi connectivity index (χ1n) is 8.99. The lowest BCUT2D eigenvalue weighted by molar-refractivity contribution is -0.120. The number of para-hydroxylation sites is 1. The SMILES string of the molecule is COc1cccc(OC)c1OCC(O)CNC(=O)CNC(=O)c1cc(C)oc1C. The van der Waals surface area contributed by atoms with Crippen molar-refractivity contribution in [3.63, 3.8) is 0 Å². The summed E-state index contributed by atoms with van der Waals surface area (Å²) < 4.78 is 21.3. The Bertz CT molecular complexity index is 825. The van der Waals surface area contributed by atoms with Crippen molar-refractivity contribution < 1.29 is 33.3 Å². The van der Waals surface area contributed by atoms with Crippen molar-refractivity contribution in [3.8, 4) is 17.2 Å². The average molecular weight is 406 g/mol. The van der Waals surface area contributed by atoms with Gasteiger partial charge in [-0.1, -0.05) is 6.07 Å². The molecule has 1 aromatic carbocycles. The third kappa shape index (κ3) is 6.15. The van der Waals surface area contributed by atoms with Gasteiger partial charge in [0, 0.05) is 6.54 Å². The molecule has 0 saturated heterocycles. The van der Waals surface area contributed by atoms with E-state index in [9.17, 15) is 14.7 Å². The number of aliphatic hydroxyl groups is 1. The van der Waals surface area contributed by atoms with Crippen LogP contribution >= 0.6 is 0 Å². The smallest absolute Gasteiger partial charge is 0.255 e. The number of benzene rings is 1. The van der Waals surface area contributed by atoms with Gasteiger partial charge in [0.2, 0.25) is 11.7 Å². The summed E-state index contributed by atoms with van der Waals surface area (Å²) in [6.07, 6.45) is -0.969. The summed E-state index contributed by atoms with van der Waals surface area (Å²) >= 11 is 0. The van der Waals surface area contributed by atoms with E-state index in [0.29, 0.717) is 34.3 Å². The normalized spacial score (nSPS) is 11.5. The molecule has 1 atom stereocenters. The Kier molecular flexibility index (Phi) is 7.90. The van der Waals surface area contributed by atoms with Crippen LogP contribution in [0.25, 0.3) is 0 Å². The van der Waals surface area contributed by atoms with Gasteiger partial charge >= 0.3 is 0 Å². The Balaban J connectivity index is 1.76. The fourth-order valence-electron chi connectivity index (χ4n) is 2.60. The third-order valence-corrected chi connectivity index (χ3v) is 4.03. The van der Waals surface area contributed by atoms with E-state index < -0.39 is 17.9 Å². The van der Waals surface area contributed by atoms with Gasteiger partial charge in [0.1, 0.15) is 24.2 Å². The topological polar surface area (TPSA) is 119 Å². The van der Waals surface area contributed by atoms with Gasteiger partial charge < -0.3 is 34.4 Å². The predicted octanol–water partition coefficient (Wildman–Crippen LogP) is 1.20. The van der Waals surface area contributed by atoms with E-state index in [1.54, 1.807) is 38.1 Å². The molecule has 3 N–H and O–H groups in total. The number of carbonyl (C=O) groups is 2. The Labute approximate surface area is 168 Å². The minimum atomic E-state index is -0.969. The van der Waals surface area contributed by atoms with E-state index in [2.05, 4.69) is 10.6 Å². The van der Waals surface area contributed by atoms with E-state index >= 15 is 0 Å². The fourth-order valence-corrected chi connectivity index (χ4v) is 2.60. The minimum absolute atomic E-state index is 0.0456. The summed E-state index contributed by atoms with van der Waals surface area (Å²) in [5.41, 5.74) is 0.384. The van der Waals surface area contributed by atoms with Crippen LogP contribution in [0.5, 0.6) is 17.2 Å². The van der Waals surface area contributed by atoms with Gasteiger partial charge in [0.15, 0.2) is 11.5 Å². The number of amides is 2. The highest BCUT2D eigenvalue weighted by molar-refractivity contribution is 5.97. The number of aliphatic hydroxyl groups excluding tert-OH is 1. The van der Waals surface area contributed by atoms with Crippen LogP contribution in [0.4, 0.5) is 0 Å². The molecule has 0 saturated carbocycles. The highest BCUT2D eigenvalue weighted by atomic mass is 16.5. The highest BCUT2D eigenvalue weighted by Gasteiger charge is 2.16. The lowest BCUT2D eigenvalue weighted by atomic mass is 10.2. The molecule has 2 rings (SSSR count). The molecule has 2 amide bonds. The molecule has 0 fully saturated rings. The van der Waals surface area contributed by atoms with E-state index in [0.717, 1.165) is 0 Å². The minimum Gasteiger partial charge on any atom is -0.493 e. The Morgan fingerprint density at radius 1 is 1.14 bits per heavy atom. The third-order valence-electron chi connectivity index (χ3n) is 4.03. The zero-order valence-corrected chi connectivity index (χ0v) is 16.9. The van der Waals surface area contributed by atoms with Crippen LogP contribution in [0.1, 0.15) is 21.9 Å². The van der Waals surface area contributed by atoms with Gasteiger partial charge in [0.25, 0.3) is 5.91 Å². The standard InChI is InChI=1S/C20H26N2O7/c1-12-8-15(13(2)29-12)20(25)22-10-18(24)21-9-14(23)11-28-19-16(26-3)6-5-7-17(19)27-4/h5-8,14,23H,9-11H2,1-4H3,(H,21,24)(H,22,25). The van der Waals surface area contributed by atoms with Crippen molar-refractivity contribution in [1.29, 1.82) is 0 Å². The lowest BCUT2D eigenvalue weighted by Crippen LogP contribution is -2.41. The fraction of sp³-hybridized carbons (Fsp3) is 0.400. The van der Waals surface area contributed by atoms with Gasteiger partial charge in [-0.3, -0.25) is 9.59 Å². The summed E-state index contributed by atoms with van der Waals surface area (Å²) in [6, 6.07) is 6.77. The molecule has 0 bridgehead atoms. The molecule has 9 nitrogen and oxygen atoms in total. The number of hydrogen-bond acceptors (Lipinski definition) is 7. The molecule has 1 aromatic heterocycles. The number of nitrogens with one attached hydrogen (secondary N) is 2. The van der Waals surface area contributed by atoms with Crippen molar-refractivity contribution in [3.05, 3.63) is 41.3 Å². The second kappa shape index (κ2) is 10.4. The molecule has 2 aromatic rings. The molecule has 0 radical (unpaired) electrons. The van der Waals surface area contributed by atoms with E-state index in [1.807, 2.05) is 0 Å². The first kappa shape index (κ1) is 22.1. The zero-order chi connectivity index (χ0) is 21.4. The number of hydrogen-bond donors (Lipinski definition) is 3. The quantitative estimate of drug-likeness (QED) is 0.542. The van der Waals surface area contributed by atoms with Gasteiger partial charge in [-0.05, 0) is 32.0 Å². The molecular weight excluding hydrogens is 380 g/mol. The molecule has 0 aliphatic heterocycles. The van der Waals surface area contributed by atoms with Crippen LogP contribution in [0, 0.1) is 13.8 Å². The van der Waals surface area contributed by atoms with Crippen LogP contribution in [-0.4, -0.2) is 56.9 Å². The Morgan fingerprint density at radius 2 is 1.79 bits per heavy atom. The van der Waals surface area contributed by atoms with Crippen molar-refractivity contribution in [1.82, 2.24) is 10.6 Å². The maximum Gasteiger partial charge on any atom is 0.255 e. The average Bonchev–Trinajstić information content (AvgIpc) is 3.06. The van der Waals surface area contributed by atoms with E-state index in [4.69, 9.17) is 18.6 Å². The number of rotatable bonds is 10. The van der Waals surface area contributed by atoms with Crippen molar-refractivity contribution in [2.24, 2.45) is 0 Å². The maximum absolute atomic E-state index is 12.1. The summed E-state index contributed by atoms with van der Waals surface area (Å²) in [5, 5.41) is 15.1. The predicted molar refractivity (Wildman–Crippen MR) is 105 cm³/mol. The Morgan fingerprint density at radius 3 is 2.34 bits per heavy atom. The van der Waals surface area contributed by atoms with E-state index in [-0.39, 0.29) is 19.7 Å². The molecule has 1 unspecified atom stereocenters. The largest absolute Gasteiger partial charge is 0.493 e. The summed E-state index contributed by atoms with van der Waals surface area (Å²) in [6.45, 7) is 3.05. The zero-order valence-electron chi connectivity index (χ0n) is 16.9. The molecule has 158 valence electrons. The summed E-state index contributed by atoms with van der Waals surface area (Å²) in [4.78, 5) is 24.0. The summed E-state index contributed by atoms with van der Waals surface area (Å²) in [7, 11) is 3.00. The molecule has 0 spiro atoms. The number of aryl methyl sites for hydroxylation is 2. The number of ether oxygens (including phenoxy) is 3. The van der Waals surface area contributed by atoms with Crippen LogP contribution in [0.2, 0.25) is 0 Å². The van der Waals surface area contributed by atoms with Crippen molar-refractivity contribution in [2.45, 2.75) is 20.0 Å². The van der Waals surface area contributed by atoms with Crippen LogP contribution in [0.3, 0.4) is 0 Å². The van der Waals surface area contributed by atoms with Gasteiger partial charge in [-0.25, -0.2) is 0 Å². The molecule has 9 heteroatoms. The van der Waals surface area contributed by atoms with Crippen LogP contribution in [-0.2, 0) is 4.79 Å². The molecular formula is C20H26N2O7. The van der Waals surface area contributed by atoms with Gasteiger partial charge in [-0.2, -0.15) is 0 Å².